The maximum absolute atomic E-state index is 11.2. The standard InChI is InChI=1S/C19H32O2/c20-18(21)15-9-11-17(12-10-15)19(13-5-2-6-14-19)16-7-3-1-4-8-16/h15-17H,1-14H2,(H,20,21). The highest BCUT2D eigenvalue weighted by molar-refractivity contribution is 5.70. The molecule has 0 unspecified atom stereocenters. The Morgan fingerprint density at radius 1 is 0.714 bits per heavy atom. The van der Waals surface area contributed by atoms with Crippen molar-refractivity contribution in [1.82, 2.24) is 0 Å². The third-order valence-corrected chi connectivity index (χ3v) is 7.09. The minimum absolute atomic E-state index is 0.0479. The molecule has 3 aliphatic carbocycles. The molecule has 0 bridgehead atoms. The van der Waals surface area contributed by atoms with Gasteiger partial charge in [-0.3, -0.25) is 4.79 Å². The van der Waals surface area contributed by atoms with E-state index in [1.165, 1.54) is 77.0 Å². The smallest absolute Gasteiger partial charge is 0.306 e. The lowest BCUT2D eigenvalue weighted by Crippen LogP contribution is -2.43. The Morgan fingerprint density at radius 3 is 1.81 bits per heavy atom. The van der Waals surface area contributed by atoms with Crippen molar-refractivity contribution in [3.05, 3.63) is 0 Å². The molecular weight excluding hydrogens is 260 g/mol. The summed E-state index contributed by atoms with van der Waals surface area (Å²) in [5.74, 6) is 1.19. The highest BCUT2D eigenvalue weighted by atomic mass is 16.4. The number of carbonyl (C=O) groups is 1. The van der Waals surface area contributed by atoms with Crippen LogP contribution >= 0.6 is 0 Å². The van der Waals surface area contributed by atoms with Crippen molar-refractivity contribution in [2.45, 2.75) is 89.9 Å². The van der Waals surface area contributed by atoms with Gasteiger partial charge < -0.3 is 5.11 Å². The van der Waals surface area contributed by atoms with Crippen molar-refractivity contribution < 1.29 is 9.90 Å². The molecule has 0 heterocycles. The van der Waals surface area contributed by atoms with Gasteiger partial charge in [-0.15, -0.1) is 0 Å². The predicted octanol–water partition coefficient (Wildman–Crippen LogP) is 5.41. The average molecular weight is 292 g/mol. The van der Waals surface area contributed by atoms with Crippen LogP contribution in [0.25, 0.3) is 0 Å². The van der Waals surface area contributed by atoms with Gasteiger partial charge in [0.1, 0.15) is 0 Å². The quantitative estimate of drug-likeness (QED) is 0.755. The molecule has 0 aromatic carbocycles. The summed E-state index contributed by atoms with van der Waals surface area (Å²) in [7, 11) is 0. The van der Waals surface area contributed by atoms with Crippen LogP contribution in [0.15, 0.2) is 0 Å². The molecule has 3 rings (SSSR count). The summed E-state index contributed by atoms with van der Waals surface area (Å²) in [6.07, 6.45) is 18.7. The van der Waals surface area contributed by atoms with E-state index >= 15 is 0 Å². The van der Waals surface area contributed by atoms with Crippen molar-refractivity contribution >= 4 is 5.97 Å². The van der Waals surface area contributed by atoms with Crippen molar-refractivity contribution in [3.8, 4) is 0 Å². The van der Waals surface area contributed by atoms with E-state index in [4.69, 9.17) is 0 Å². The van der Waals surface area contributed by atoms with Crippen LogP contribution in [-0.4, -0.2) is 11.1 Å². The number of hydrogen-bond donors (Lipinski definition) is 1. The summed E-state index contributed by atoms with van der Waals surface area (Å²) < 4.78 is 0. The molecule has 120 valence electrons. The molecule has 0 aromatic heterocycles. The van der Waals surface area contributed by atoms with Gasteiger partial charge in [-0.1, -0.05) is 38.5 Å². The molecule has 0 amide bonds. The minimum Gasteiger partial charge on any atom is -0.481 e. The minimum atomic E-state index is -0.552. The fourth-order valence-corrected chi connectivity index (χ4v) is 5.95. The molecule has 21 heavy (non-hydrogen) atoms. The highest BCUT2D eigenvalue weighted by Gasteiger charge is 2.46. The third-order valence-electron chi connectivity index (χ3n) is 7.09. The molecule has 2 heteroatoms. The first kappa shape index (κ1) is 15.4. The van der Waals surface area contributed by atoms with E-state index in [9.17, 15) is 9.90 Å². The molecule has 0 aromatic rings. The monoisotopic (exact) mass is 292 g/mol. The van der Waals surface area contributed by atoms with E-state index in [0.717, 1.165) is 24.7 Å². The Morgan fingerprint density at radius 2 is 1.24 bits per heavy atom. The van der Waals surface area contributed by atoms with Crippen LogP contribution < -0.4 is 0 Å². The third kappa shape index (κ3) is 3.14. The SMILES string of the molecule is O=C(O)C1CCC(C2(C3CCCCC3)CCCCC2)CC1. The highest BCUT2D eigenvalue weighted by Crippen LogP contribution is 2.56. The Balaban J connectivity index is 1.71. The zero-order valence-corrected chi connectivity index (χ0v) is 13.5. The van der Waals surface area contributed by atoms with Crippen LogP contribution in [0.1, 0.15) is 89.9 Å². The number of carboxylic acid groups (broad SMARTS) is 1. The molecule has 1 N–H and O–H groups in total. The van der Waals surface area contributed by atoms with Gasteiger partial charge in [0.05, 0.1) is 5.92 Å². The first-order valence-corrected chi connectivity index (χ1v) is 9.45. The van der Waals surface area contributed by atoms with E-state index in [2.05, 4.69) is 0 Å². The molecule has 3 fully saturated rings. The summed E-state index contributed by atoms with van der Waals surface area (Å²) in [5, 5.41) is 9.25. The van der Waals surface area contributed by atoms with Gasteiger partial charge in [0.15, 0.2) is 0 Å². The van der Waals surface area contributed by atoms with Gasteiger partial charge >= 0.3 is 5.97 Å². The first-order chi connectivity index (χ1) is 10.2. The van der Waals surface area contributed by atoms with Crippen molar-refractivity contribution in [2.75, 3.05) is 0 Å². The fraction of sp³-hybridized carbons (Fsp3) is 0.947. The van der Waals surface area contributed by atoms with Crippen LogP contribution in [0, 0.1) is 23.2 Å². The van der Waals surface area contributed by atoms with Crippen LogP contribution in [0.3, 0.4) is 0 Å². The van der Waals surface area contributed by atoms with Crippen LogP contribution in [0.2, 0.25) is 0 Å². The molecule has 2 nitrogen and oxygen atoms in total. The van der Waals surface area contributed by atoms with E-state index < -0.39 is 5.97 Å². The molecule has 0 aliphatic heterocycles. The lowest BCUT2D eigenvalue weighted by molar-refractivity contribution is -0.144. The Bertz CT molecular complexity index is 343. The van der Waals surface area contributed by atoms with Gasteiger partial charge in [-0.25, -0.2) is 0 Å². The van der Waals surface area contributed by atoms with Gasteiger partial charge in [0, 0.05) is 0 Å². The number of carboxylic acids is 1. The molecule has 0 atom stereocenters. The van der Waals surface area contributed by atoms with E-state index in [1.54, 1.807) is 0 Å². The van der Waals surface area contributed by atoms with Crippen molar-refractivity contribution in [2.24, 2.45) is 23.2 Å². The fourth-order valence-electron chi connectivity index (χ4n) is 5.95. The second kappa shape index (κ2) is 6.71. The average Bonchev–Trinajstić information content (AvgIpc) is 2.56. The zero-order valence-electron chi connectivity index (χ0n) is 13.5. The Kier molecular flexibility index (Phi) is 4.91. The lowest BCUT2D eigenvalue weighted by atomic mass is 9.53. The zero-order chi connectivity index (χ0) is 14.7. The van der Waals surface area contributed by atoms with Crippen LogP contribution in [0.4, 0.5) is 0 Å². The Hall–Kier alpha value is -0.530. The molecular formula is C19H32O2. The Labute approximate surface area is 129 Å². The maximum atomic E-state index is 11.2. The maximum Gasteiger partial charge on any atom is 0.306 e. The summed E-state index contributed by atoms with van der Waals surface area (Å²) in [6, 6.07) is 0. The summed E-state index contributed by atoms with van der Waals surface area (Å²) in [5.41, 5.74) is 0.599. The van der Waals surface area contributed by atoms with Gasteiger partial charge in [-0.05, 0) is 68.6 Å². The van der Waals surface area contributed by atoms with Crippen LogP contribution in [-0.2, 0) is 4.79 Å². The second-order valence-corrected chi connectivity index (χ2v) is 8.02. The molecule has 0 saturated heterocycles. The lowest BCUT2D eigenvalue weighted by Gasteiger charge is -2.52. The number of rotatable bonds is 3. The van der Waals surface area contributed by atoms with Crippen molar-refractivity contribution in [1.29, 1.82) is 0 Å². The van der Waals surface area contributed by atoms with Crippen LogP contribution in [0.5, 0.6) is 0 Å². The van der Waals surface area contributed by atoms with E-state index in [0.29, 0.717) is 5.41 Å². The van der Waals surface area contributed by atoms with Gasteiger partial charge in [0.2, 0.25) is 0 Å². The number of aliphatic carboxylic acids is 1. The first-order valence-electron chi connectivity index (χ1n) is 9.45. The molecule has 0 spiro atoms. The normalized spacial score (nSPS) is 34.5. The summed E-state index contributed by atoms with van der Waals surface area (Å²) >= 11 is 0. The molecule has 3 saturated carbocycles. The molecule has 0 radical (unpaired) electrons. The number of hydrogen-bond acceptors (Lipinski definition) is 1. The largest absolute Gasteiger partial charge is 0.481 e. The van der Waals surface area contributed by atoms with Gasteiger partial charge in [-0.2, -0.15) is 0 Å². The molecule has 3 aliphatic rings. The summed E-state index contributed by atoms with van der Waals surface area (Å²) in [4.78, 5) is 11.2. The predicted molar refractivity (Wildman–Crippen MR) is 85.2 cm³/mol. The second-order valence-electron chi connectivity index (χ2n) is 8.02. The van der Waals surface area contributed by atoms with E-state index in [1.807, 2.05) is 0 Å². The van der Waals surface area contributed by atoms with Gasteiger partial charge in [0.25, 0.3) is 0 Å². The summed E-state index contributed by atoms with van der Waals surface area (Å²) in [6.45, 7) is 0. The topological polar surface area (TPSA) is 37.3 Å². The van der Waals surface area contributed by atoms with E-state index in [-0.39, 0.29) is 5.92 Å². The van der Waals surface area contributed by atoms with Crippen molar-refractivity contribution in [3.63, 3.8) is 0 Å².